The van der Waals surface area contributed by atoms with Gasteiger partial charge in [-0.2, -0.15) is 0 Å². The zero-order valence-electron chi connectivity index (χ0n) is 10.4. The van der Waals surface area contributed by atoms with Crippen molar-refractivity contribution in [3.8, 4) is 0 Å². The predicted octanol–water partition coefficient (Wildman–Crippen LogP) is 4.03. The summed E-state index contributed by atoms with van der Waals surface area (Å²) in [5, 5.41) is 0. The van der Waals surface area contributed by atoms with Gasteiger partial charge in [0, 0.05) is 5.92 Å². The quantitative estimate of drug-likeness (QED) is 0.821. The van der Waals surface area contributed by atoms with Gasteiger partial charge in [0.25, 0.3) is 0 Å². The number of fused-ring (bicyclic) bond motifs is 1. The van der Waals surface area contributed by atoms with Gasteiger partial charge in [-0.25, -0.2) is 4.98 Å². The van der Waals surface area contributed by atoms with Crippen molar-refractivity contribution in [2.75, 3.05) is 0 Å². The Hall–Kier alpha value is -1.31. The van der Waals surface area contributed by atoms with E-state index in [0.717, 1.165) is 30.6 Å². The summed E-state index contributed by atoms with van der Waals surface area (Å²) in [5.74, 6) is 1.71. The molecular weight excluding hydrogens is 196 g/mol. The molecule has 2 aromatic rings. The maximum absolute atomic E-state index is 4.67. The van der Waals surface area contributed by atoms with Gasteiger partial charge in [0.2, 0.25) is 0 Å². The number of aromatic amines is 1. The third kappa shape index (κ3) is 1.97. The smallest absolute Gasteiger partial charge is 0.110 e. The van der Waals surface area contributed by atoms with E-state index in [0.29, 0.717) is 5.92 Å². The summed E-state index contributed by atoms with van der Waals surface area (Å²) >= 11 is 0. The van der Waals surface area contributed by atoms with Gasteiger partial charge in [0.05, 0.1) is 11.0 Å². The highest BCUT2D eigenvalue weighted by Gasteiger charge is 2.11. The number of nitrogens with zero attached hydrogens (tertiary/aromatic N) is 1. The van der Waals surface area contributed by atoms with E-state index >= 15 is 0 Å². The Kier molecular flexibility index (Phi) is 3.28. The molecule has 1 N–H and O–H groups in total. The highest BCUT2D eigenvalue weighted by Crippen LogP contribution is 2.23. The van der Waals surface area contributed by atoms with Crippen molar-refractivity contribution in [2.45, 2.75) is 46.0 Å². The minimum absolute atomic E-state index is 0.567. The highest BCUT2D eigenvalue weighted by atomic mass is 14.9. The Morgan fingerprint density at radius 3 is 2.56 bits per heavy atom. The first-order valence-corrected chi connectivity index (χ1v) is 6.27. The van der Waals surface area contributed by atoms with Crippen molar-refractivity contribution in [3.05, 3.63) is 29.6 Å². The fourth-order valence-corrected chi connectivity index (χ4v) is 2.17. The topological polar surface area (TPSA) is 28.7 Å². The molecule has 1 aromatic heterocycles. The third-order valence-electron chi connectivity index (χ3n) is 3.35. The van der Waals surface area contributed by atoms with Crippen LogP contribution in [-0.4, -0.2) is 9.97 Å². The summed E-state index contributed by atoms with van der Waals surface area (Å²) in [5.41, 5.74) is 3.65. The zero-order valence-corrected chi connectivity index (χ0v) is 10.4. The largest absolute Gasteiger partial charge is 0.342 e. The highest BCUT2D eigenvalue weighted by molar-refractivity contribution is 5.76. The zero-order chi connectivity index (χ0) is 11.5. The first kappa shape index (κ1) is 11.2. The molecule has 1 aromatic carbocycles. The number of hydrogen-bond donors (Lipinski definition) is 1. The van der Waals surface area contributed by atoms with Crippen molar-refractivity contribution in [3.63, 3.8) is 0 Å². The Morgan fingerprint density at radius 1 is 1.19 bits per heavy atom. The van der Waals surface area contributed by atoms with Gasteiger partial charge in [-0.1, -0.05) is 26.8 Å². The van der Waals surface area contributed by atoms with Gasteiger partial charge in [0.15, 0.2) is 0 Å². The molecule has 0 radical (unpaired) electrons. The first-order valence-electron chi connectivity index (χ1n) is 6.27. The maximum atomic E-state index is 4.67. The van der Waals surface area contributed by atoms with Crippen LogP contribution >= 0.6 is 0 Å². The van der Waals surface area contributed by atoms with E-state index in [1.807, 2.05) is 0 Å². The number of H-pyrrole nitrogens is 1. The number of benzene rings is 1. The summed E-state index contributed by atoms with van der Waals surface area (Å²) < 4.78 is 0. The number of nitrogens with one attached hydrogen (secondary N) is 1. The molecule has 2 rings (SSSR count). The van der Waals surface area contributed by atoms with Crippen LogP contribution in [0.5, 0.6) is 0 Å². The van der Waals surface area contributed by atoms with Crippen molar-refractivity contribution < 1.29 is 0 Å². The minimum atomic E-state index is 0.567. The summed E-state index contributed by atoms with van der Waals surface area (Å²) in [7, 11) is 0. The van der Waals surface area contributed by atoms with Crippen LogP contribution in [0.1, 0.15) is 50.9 Å². The van der Waals surface area contributed by atoms with Crippen LogP contribution in [-0.2, 0) is 6.42 Å². The van der Waals surface area contributed by atoms with Crippen LogP contribution < -0.4 is 0 Å². The van der Waals surface area contributed by atoms with Crippen LogP contribution in [0.2, 0.25) is 0 Å². The van der Waals surface area contributed by atoms with Crippen LogP contribution in [0.15, 0.2) is 18.2 Å². The van der Waals surface area contributed by atoms with Gasteiger partial charge in [-0.3, -0.25) is 0 Å². The lowest BCUT2D eigenvalue weighted by atomic mass is 10.0. The average molecular weight is 216 g/mol. The lowest BCUT2D eigenvalue weighted by Crippen LogP contribution is -1.97. The SMILES string of the molecule is CCc1ccc2nc(C(CC)CC)[nH]c2c1. The second kappa shape index (κ2) is 4.69. The fraction of sp³-hybridized carbons (Fsp3) is 0.500. The van der Waals surface area contributed by atoms with Crippen molar-refractivity contribution in [1.82, 2.24) is 9.97 Å². The number of hydrogen-bond acceptors (Lipinski definition) is 1. The molecule has 0 aliphatic carbocycles. The van der Waals surface area contributed by atoms with Gasteiger partial charge in [-0.15, -0.1) is 0 Å². The molecule has 0 fully saturated rings. The second-order valence-corrected chi connectivity index (χ2v) is 4.34. The number of aromatic nitrogens is 2. The Bertz CT molecular complexity index is 467. The van der Waals surface area contributed by atoms with E-state index < -0.39 is 0 Å². The molecule has 0 bridgehead atoms. The molecule has 2 nitrogen and oxygen atoms in total. The number of rotatable bonds is 4. The van der Waals surface area contributed by atoms with Gasteiger partial charge >= 0.3 is 0 Å². The Balaban J connectivity index is 2.43. The van der Waals surface area contributed by atoms with Gasteiger partial charge in [0.1, 0.15) is 5.82 Å². The van der Waals surface area contributed by atoms with E-state index in [9.17, 15) is 0 Å². The normalized spacial score (nSPS) is 11.5. The lowest BCUT2D eigenvalue weighted by molar-refractivity contribution is 0.611. The molecule has 0 spiro atoms. The van der Waals surface area contributed by atoms with Crippen LogP contribution in [0, 0.1) is 0 Å². The van der Waals surface area contributed by atoms with Crippen molar-refractivity contribution >= 4 is 11.0 Å². The summed E-state index contributed by atoms with van der Waals surface area (Å²) in [6.07, 6.45) is 3.38. The summed E-state index contributed by atoms with van der Waals surface area (Å²) in [6.45, 7) is 6.62. The molecule has 16 heavy (non-hydrogen) atoms. The monoisotopic (exact) mass is 216 g/mol. The van der Waals surface area contributed by atoms with E-state index in [-0.39, 0.29) is 0 Å². The molecular formula is C14H20N2. The number of imidazole rings is 1. The first-order chi connectivity index (χ1) is 7.78. The fourth-order valence-electron chi connectivity index (χ4n) is 2.17. The number of aryl methyl sites for hydroxylation is 1. The Labute approximate surface area is 97.1 Å². The summed E-state index contributed by atoms with van der Waals surface area (Å²) in [4.78, 5) is 8.14. The lowest BCUT2D eigenvalue weighted by Gasteiger charge is -2.07. The van der Waals surface area contributed by atoms with Crippen molar-refractivity contribution in [1.29, 1.82) is 0 Å². The molecule has 0 atom stereocenters. The predicted molar refractivity (Wildman–Crippen MR) is 68.8 cm³/mol. The third-order valence-corrected chi connectivity index (χ3v) is 3.35. The molecule has 2 heteroatoms. The van der Waals surface area contributed by atoms with E-state index in [1.165, 1.54) is 11.1 Å². The Morgan fingerprint density at radius 2 is 1.94 bits per heavy atom. The molecule has 0 aliphatic rings. The molecule has 86 valence electrons. The van der Waals surface area contributed by atoms with Crippen LogP contribution in [0.4, 0.5) is 0 Å². The van der Waals surface area contributed by atoms with E-state index in [1.54, 1.807) is 0 Å². The van der Waals surface area contributed by atoms with Gasteiger partial charge in [-0.05, 0) is 37.0 Å². The molecule has 0 unspecified atom stereocenters. The van der Waals surface area contributed by atoms with Crippen LogP contribution in [0.3, 0.4) is 0 Å². The van der Waals surface area contributed by atoms with E-state index in [4.69, 9.17) is 0 Å². The second-order valence-electron chi connectivity index (χ2n) is 4.34. The van der Waals surface area contributed by atoms with Crippen molar-refractivity contribution in [2.24, 2.45) is 0 Å². The molecule has 0 amide bonds. The molecule has 0 saturated heterocycles. The van der Waals surface area contributed by atoms with Gasteiger partial charge < -0.3 is 4.98 Å². The minimum Gasteiger partial charge on any atom is -0.342 e. The van der Waals surface area contributed by atoms with Crippen LogP contribution in [0.25, 0.3) is 11.0 Å². The molecule has 1 heterocycles. The maximum Gasteiger partial charge on any atom is 0.110 e. The average Bonchev–Trinajstić information content (AvgIpc) is 2.72. The molecule has 0 aliphatic heterocycles. The van der Waals surface area contributed by atoms with E-state index in [2.05, 4.69) is 48.9 Å². The standard InChI is InChI=1S/C14H20N2/c1-4-10-7-8-12-13(9-10)16-14(15-12)11(5-2)6-3/h7-9,11H,4-6H2,1-3H3,(H,15,16). The summed E-state index contributed by atoms with van der Waals surface area (Å²) in [6, 6.07) is 6.50. The molecule has 0 saturated carbocycles.